The zero-order chi connectivity index (χ0) is 10.7. The molecule has 0 saturated heterocycles. The molecule has 5 heteroatoms. The van der Waals surface area contributed by atoms with Gasteiger partial charge in [0, 0.05) is 0 Å². The van der Waals surface area contributed by atoms with Gasteiger partial charge in [0.2, 0.25) is 0 Å². The van der Waals surface area contributed by atoms with Crippen LogP contribution >= 0.6 is 7.82 Å². The highest BCUT2D eigenvalue weighted by atomic mass is 31.2. The van der Waals surface area contributed by atoms with Gasteiger partial charge in [-0.2, -0.15) is 0 Å². The van der Waals surface area contributed by atoms with Crippen molar-refractivity contribution in [1.29, 1.82) is 0 Å². The predicted molar refractivity (Wildman–Crippen MR) is 53.3 cm³/mol. The summed E-state index contributed by atoms with van der Waals surface area (Å²) in [5, 5.41) is 0. The Labute approximate surface area is 80.2 Å². The van der Waals surface area contributed by atoms with Crippen molar-refractivity contribution < 1.29 is 19.2 Å². The molecular formula is C8H21O4P. The van der Waals surface area contributed by atoms with E-state index in [9.17, 15) is 0 Å². The summed E-state index contributed by atoms with van der Waals surface area (Å²) < 4.78 is 8.88. The molecule has 0 rings (SSSR count). The number of rotatable bonds is 5. The summed E-state index contributed by atoms with van der Waals surface area (Å²) in [6, 6.07) is 0. The molecule has 0 aromatic heterocycles. The number of phosphoric acid groups is 1. The van der Waals surface area contributed by atoms with E-state index >= 15 is 0 Å². The largest absolute Gasteiger partial charge is 0.466 e. The van der Waals surface area contributed by atoms with E-state index in [4.69, 9.17) is 19.2 Å². The van der Waals surface area contributed by atoms with Gasteiger partial charge in [-0.05, 0) is 0 Å². The van der Waals surface area contributed by atoms with Crippen LogP contribution in [0.5, 0.6) is 0 Å². The Balaban J connectivity index is 0. The summed E-state index contributed by atoms with van der Waals surface area (Å²) in [5.74, 6) is 0. The smallest absolute Gasteiger partial charge is 0.303 e. The third-order valence-corrected chi connectivity index (χ3v) is 1.46. The second-order valence-corrected chi connectivity index (χ2v) is 3.95. The first-order chi connectivity index (χ1) is 5.91. The molecule has 0 bridgehead atoms. The van der Waals surface area contributed by atoms with E-state index in [2.05, 4.69) is 13.8 Å². The van der Waals surface area contributed by atoms with Crippen LogP contribution < -0.4 is 0 Å². The van der Waals surface area contributed by atoms with Crippen molar-refractivity contribution in [2.75, 3.05) is 0 Å². The molecule has 0 aliphatic heterocycles. The van der Waals surface area contributed by atoms with Crippen LogP contribution in [0.4, 0.5) is 0 Å². The van der Waals surface area contributed by atoms with Crippen LogP contribution in [-0.2, 0) is 4.57 Å². The third kappa shape index (κ3) is 47.4. The molecule has 82 valence electrons. The van der Waals surface area contributed by atoms with Crippen LogP contribution in [-0.4, -0.2) is 14.7 Å². The monoisotopic (exact) mass is 212 g/mol. The highest BCUT2D eigenvalue weighted by molar-refractivity contribution is 7.45. The maximum Gasteiger partial charge on any atom is 0.466 e. The Kier molecular flexibility index (Phi) is 12.2. The summed E-state index contributed by atoms with van der Waals surface area (Å²) in [4.78, 5) is 21.6. The van der Waals surface area contributed by atoms with E-state index in [1.165, 1.54) is 38.5 Å². The molecule has 0 heterocycles. The number of unbranched alkanes of at least 4 members (excludes halogenated alkanes) is 5. The Morgan fingerprint density at radius 1 is 0.846 bits per heavy atom. The molecule has 0 aromatic rings. The second kappa shape index (κ2) is 10.2. The van der Waals surface area contributed by atoms with Crippen molar-refractivity contribution in [3.05, 3.63) is 0 Å². The highest BCUT2D eigenvalue weighted by Gasteiger charge is 2.00. The van der Waals surface area contributed by atoms with Crippen LogP contribution in [0.3, 0.4) is 0 Å². The summed E-state index contributed by atoms with van der Waals surface area (Å²) in [5.41, 5.74) is 0. The van der Waals surface area contributed by atoms with Gasteiger partial charge in [0.15, 0.2) is 0 Å². The van der Waals surface area contributed by atoms with Crippen LogP contribution in [0.2, 0.25) is 0 Å². The molecule has 0 aliphatic rings. The minimum absolute atomic E-state index is 1.36. The molecule has 0 radical (unpaired) electrons. The van der Waals surface area contributed by atoms with Crippen molar-refractivity contribution in [1.82, 2.24) is 0 Å². The molecule has 0 spiro atoms. The maximum absolute atomic E-state index is 8.88. The second-order valence-electron chi connectivity index (χ2n) is 2.93. The average molecular weight is 212 g/mol. The molecule has 0 aromatic carbocycles. The van der Waals surface area contributed by atoms with Gasteiger partial charge in [-0.25, -0.2) is 4.57 Å². The van der Waals surface area contributed by atoms with E-state index in [1.54, 1.807) is 0 Å². The summed E-state index contributed by atoms with van der Waals surface area (Å²) in [6.07, 6.45) is 8.49. The Morgan fingerprint density at radius 2 is 1.08 bits per heavy atom. The van der Waals surface area contributed by atoms with E-state index in [0.717, 1.165) is 0 Å². The van der Waals surface area contributed by atoms with Gasteiger partial charge in [-0.3, -0.25) is 0 Å². The zero-order valence-corrected chi connectivity index (χ0v) is 9.33. The van der Waals surface area contributed by atoms with Crippen molar-refractivity contribution in [3.63, 3.8) is 0 Å². The van der Waals surface area contributed by atoms with Gasteiger partial charge in [0.25, 0.3) is 0 Å². The highest BCUT2D eigenvalue weighted by Crippen LogP contribution is 2.25. The molecule has 3 N–H and O–H groups in total. The third-order valence-electron chi connectivity index (χ3n) is 1.46. The SMILES string of the molecule is CCCCCCCC.O=P(O)(O)O. The van der Waals surface area contributed by atoms with E-state index < -0.39 is 7.82 Å². The topological polar surface area (TPSA) is 77.8 Å². The fourth-order valence-electron chi connectivity index (χ4n) is 0.854. The lowest BCUT2D eigenvalue weighted by atomic mass is 10.1. The van der Waals surface area contributed by atoms with Crippen molar-refractivity contribution in [2.24, 2.45) is 0 Å². The lowest BCUT2D eigenvalue weighted by Gasteiger charge is -1.93. The first-order valence-corrected chi connectivity index (χ1v) is 6.26. The van der Waals surface area contributed by atoms with E-state index in [1.807, 2.05) is 0 Å². The zero-order valence-electron chi connectivity index (χ0n) is 8.44. The average Bonchev–Trinajstić information content (AvgIpc) is 1.95. The summed E-state index contributed by atoms with van der Waals surface area (Å²) in [6.45, 7) is 4.51. The summed E-state index contributed by atoms with van der Waals surface area (Å²) >= 11 is 0. The molecule has 0 atom stereocenters. The lowest BCUT2D eigenvalue weighted by Crippen LogP contribution is -1.73. The molecular weight excluding hydrogens is 191 g/mol. The van der Waals surface area contributed by atoms with Gasteiger partial charge in [0.1, 0.15) is 0 Å². The van der Waals surface area contributed by atoms with Gasteiger partial charge in [-0.1, -0.05) is 52.4 Å². The predicted octanol–water partition coefficient (Wildman–Crippen LogP) is 2.44. The van der Waals surface area contributed by atoms with Gasteiger partial charge in [0.05, 0.1) is 0 Å². The number of hydrogen-bond acceptors (Lipinski definition) is 1. The molecule has 4 nitrogen and oxygen atoms in total. The quantitative estimate of drug-likeness (QED) is 0.483. The number of hydrogen-bond donors (Lipinski definition) is 3. The van der Waals surface area contributed by atoms with Crippen molar-refractivity contribution in [3.8, 4) is 0 Å². The van der Waals surface area contributed by atoms with Crippen LogP contribution in [0.1, 0.15) is 52.4 Å². The van der Waals surface area contributed by atoms with Crippen LogP contribution in [0.25, 0.3) is 0 Å². The molecule has 0 aliphatic carbocycles. The normalized spacial score (nSPS) is 10.5. The fraction of sp³-hybridized carbons (Fsp3) is 1.00. The van der Waals surface area contributed by atoms with E-state index in [0.29, 0.717) is 0 Å². The van der Waals surface area contributed by atoms with Gasteiger partial charge in [-0.15, -0.1) is 0 Å². The molecule has 0 amide bonds. The Hall–Kier alpha value is 0.110. The van der Waals surface area contributed by atoms with Gasteiger partial charge < -0.3 is 14.7 Å². The minimum atomic E-state index is -4.64. The molecule has 0 fully saturated rings. The van der Waals surface area contributed by atoms with Crippen molar-refractivity contribution >= 4 is 7.82 Å². The Morgan fingerprint density at radius 3 is 1.23 bits per heavy atom. The summed E-state index contributed by atoms with van der Waals surface area (Å²) in [7, 11) is -4.64. The van der Waals surface area contributed by atoms with Crippen molar-refractivity contribution in [2.45, 2.75) is 52.4 Å². The first-order valence-electron chi connectivity index (χ1n) is 4.70. The van der Waals surface area contributed by atoms with Crippen LogP contribution in [0, 0.1) is 0 Å². The molecule has 13 heavy (non-hydrogen) atoms. The lowest BCUT2D eigenvalue weighted by molar-refractivity contribution is 0.275. The van der Waals surface area contributed by atoms with Gasteiger partial charge >= 0.3 is 7.82 Å². The standard InChI is InChI=1S/C8H18.H3O4P/c1-3-5-7-8-6-4-2;1-5(2,3)4/h3-8H2,1-2H3;(H3,1,2,3,4). The Bertz CT molecular complexity index is 118. The first kappa shape index (κ1) is 15.6. The fourth-order valence-corrected chi connectivity index (χ4v) is 0.854. The minimum Gasteiger partial charge on any atom is -0.303 e. The van der Waals surface area contributed by atoms with Crippen LogP contribution in [0.15, 0.2) is 0 Å². The molecule has 0 saturated carbocycles. The molecule has 0 unspecified atom stereocenters. The van der Waals surface area contributed by atoms with E-state index in [-0.39, 0.29) is 0 Å². The maximum atomic E-state index is 8.88.